The van der Waals surface area contributed by atoms with Crippen LogP contribution < -0.4 is 10.1 Å². The molecule has 0 saturated heterocycles. The van der Waals surface area contributed by atoms with Gasteiger partial charge in [-0.05, 0) is 35.7 Å². The molecular weight excluding hydrogens is 424 g/mol. The average Bonchev–Trinajstić information content (AvgIpc) is 3.54. The molecule has 32 heavy (non-hydrogen) atoms. The molecule has 0 unspecified atom stereocenters. The maximum absolute atomic E-state index is 13.0. The number of carbonyl (C=O) groups is 1. The van der Waals surface area contributed by atoms with Gasteiger partial charge in [-0.1, -0.05) is 24.3 Å². The van der Waals surface area contributed by atoms with Gasteiger partial charge in [-0.15, -0.1) is 11.3 Å². The van der Waals surface area contributed by atoms with Crippen LogP contribution >= 0.6 is 11.3 Å². The minimum Gasteiger partial charge on any atom is -0.495 e. The fourth-order valence-corrected chi connectivity index (χ4v) is 4.57. The van der Waals surface area contributed by atoms with Crippen molar-refractivity contribution in [3.05, 3.63) is 82.9 Å². The number of thiophene rings is 1. The highest BCUT2D eigenvalue weighted by atomic mass is 32.1. The van der Waals surface area contributed by atoms with Crippen LogP contribution in [0.5, 0.6) is 5.75 Å². The van der Waals surface area contributed by atoms with Crippen molar-refractivity contribution in [2.75, 3.05) is 19.0 Å². The predicted molar refractivity (Wildman–Crippen MR) is 126 cm³/mol. The van der Waals surface area contributed by atoms with Gasteiger partial charge in [-0.2, -0.15) is 0 Å². The fraction of sp³-hybridized carbons (Fsp3) is 0.160. The number of hydrogen-bond acceptors (Lipinski definition) is 6. The largest absolute Gasteiger partial charge is 0.495 e. The molecule has 0 radical (unpaired) electrons. The number of anilines is 1. The normalized spacial score (nSPS) is 11.4. The summed E-state index contributed by atoms with van der Waals surface area (Å²) in [5, 5.41) is 7.00. The maximum atomic E-state index is 13.0. The van der Waals surface area contributed by atoms with Crippen molar-refractivity contribution in [3.8, 4) is 5.75 Å². The molecule has 2 aromatic carbocycles. The summed E-state index contributed by atoms with van der Waals surface area (Å²) < 4.78 is 17.0. The first kappa shape index (κ1) is 20.4. The number of rotatable bonds is 8. The van der Waals surface area contributed by atoms with Crippen molar-refractivity contribution >= 4 is 44.9 Å². The number of hydrogen-bond donors (Lipinski definition) is 1. The summed E-state index contributed by atoms with van der Waals surface area (Å²) in [5.74, 6) is 1.27. The summed E-state index contributed by atoms with van der Waals surface area (Å²) in [7, 11) is 1.60. The molecule has 5 aromatic rings. The summed E-state index contributed by atoms with van der Waals surface area (Å²) in [6, 6.07) is 19.4. The van der Waals surface area contributed by atoms with E-state index >= 15 is 0 Å². The summed E-state index contributed by atoms with van der Waals surface area (Å²) in [6.45, 7) is 1.41. The minimum absolute atomic E-state index is 0.137. The molecule has 0 aliphatic carbocycles. The highest BCUT2D eigenvalue weighted by molar-refractivity contribution is 7.09. The second-order valence-corrected chi connectivity index (χ2v) is 8.53. The number of nitrogens with one attached hydrogen (secondary N) is 1. The zero-order chi connectivity index (χ0) is 21.9. The monoisotopic (exact) mass is 446 g/mol. The van der Waals surface area contributed by atoms with Crippen molar-refractivity contribution in [3.63, 3.8) is 0 Å². The molecule has 7 heteroatoms. The number of furan rings is 2. The van der Waals surface area contributed by atoms with Gasteiger partial charge < -0.3 is 18.9 Å². The Morgan fingerprint density at radius 1 is 1.03 bits per heavy atom. The molecule has 0 fully saturated rings. The number of benzene rings is 2. The van der Waals surface area contributed by atoms with E-state index in [0.29, 0.717) is 30.1 Å². The molecule has 3 heterocycles. The fourth-order valence-electron chi connectivity index (χ4n) is 3.82. The topological polar surface area (TPSA) is 67.8 Å². The molecule has 3 aromatic heterocycles. The molecule has 6 nitrogen and oxygen atoms in total. The van der Waals surface area contributed by atoms with Gasteiger partial charge in [0.25, 0.3) is 0 Å². The van der Waals surface area contributed by atoms with Crippen molar-refractivity contribution in [1.29, 1.82) is 0 Å². The van der Waals surface area contributed by atoms with Crippen LogP contribution in [0.3, 0.4) is 0 Å². The Morgan fingerprint density at radius 3 is 2.72 bits per heavy atom. The van der Waals surface area contributed by atoms with Gasteiger partial charge in [-0.25, -0.2) is 0 Å². The third-order valence-electron chi connectivity index (χ3n) is 5.26. The van der Waals surface area contributed by atoms with Crippen molar-refractivity contribution in [1.82, 2.24) is 4.90 Å². The molecule has 5 rings (SSSR count). The molecule has 0 saturated carbocycles. The van der Waals surface area contributed by atoms with Crippen molar-refractivity contribution in [2.24, 2.45) is 0 Å². The van der Waals surface area contributed by atoms with Crippen LogP contribution in [-0.2, 0) is 17.9 Å². The maximum Gasteiger partial charge on any atom is 0.238 e. The first-order chi connectivity index (χ1) is 15.7. The second kappa shape index (κ2) is 8.90. The van der Waals surface area contributed by atoms with Gasteiger partial charge in [0.05, 0.1) is 32.1 Å². The van der Waals surface area contributed by atoms with Crippen LogP contribution in [0.4, 0.5) is 5.69 Å². The van der Waals surface area contributed by atoms with Crippen LogP contribution in [-0.4, -0.2) is 24.5 Å². The zero-order valence-electron chi connectivity index (χ0n) is 17.5. The average molecular weight is 447 g/mol. The Kier molecular flexibility index (Phi) is 5.66. The Labute approximate surface area is 189 Å². The van der Waals surface area contributed by atoms with Gasteiger partial charge >= 0.3 is 0 Å². The van der Waals surface area contributed by atoms with Crippen molar-refractivity contribution < 1.29 is 18.4 Å². The highest BCUT2D eigenvalue weighted by Crippen LogP contribution is 2.36. The zero-order valence-corrected chi connectivity index (χ0v) is 18.4. The van der Waals surface area contributed by atoms with Gasteiger partial charge in [0.2, 0.25) is 5.91 Å². The number of amides is 1. The molecule has 0 aliphatic rings. The SMILES string of the molecule is COc1cc2c(cc1NC(=O)CN(Cc1ccco1)Cc1cccs1)oc1ccccc12. The quantitative estimate of drug-likeness (QED) is 0.322. The minimum atomic E-state index is -0.137. The van der Waals surface area contributed by atoms with Gasteiger partial charge in [-0.3, -0.25) is 9.69 Å². The van der Waals surface area contributed by atoms with Crippen molar-refractivity contribution in [2.45, 2.75) is 13.1 Å². The van der Waals surface area contributed by atoms with Gasteiger partial charge in [0.15, 0.2) is 0 Å². The Balaban J connectivity index is 1.37. The first-order valence-corrected chi connectivity index (χ1v) is 11.1. The van der Waals surface area contributed by atoms with E-state index in [-0.39, 0.29) is 12.5 Å². The molecule has 1 N–H and O–H groups in total. The molecular formula is C25H22N2O4S. The molecule has 162 valence electrons. The molecule has 0 atom stereocenters. The lowest BCUT2D eigenvalue weighted by Crippen LogP contribution is -2.32. The third kappa shape index (κ3) is 4.26. The van der Waals surface area contributed by atoms with E-state index in [2.05, 4.69) is 11.4 Å². The number of ether oxygens (including phenoxy) is 1. The Hall–Kier alpha value is -3.55. The number of para-hydroxylation sites is 1. The summed E-state index contributed by atoms with van der Waals surface area (Å²) >= 11 is 1.67. The highest BCUT2D eigenvalue weighted by Gasteiger charge is 2.17. The Bertz CT molecular complexity index is 1300. The molecule has 0 aliphatic heterocycles. The van der Waals surface area contributed by atoms with E-state index < -0.39 is 0 Å². The van der Waals surface area contributed by atoms with E-state index in [9.17, 15) is 4.79 Å². The van der Waals surface area contributed by atoms with Gasteiger partial charge in [0, 0.05) is 28.3 Å². The van der Waals surface area contributed by atoms with E-state index in [0.717, 1.165) is 22.1 Å². The lowest BCUT2D eigenvalue weighted by atomic mass is 10.1. The summed E-state index contributed by atoms with van der Waals surface area (Å²) in [4.78, 5) is 16.2. The number of carbonyl (C=O) groups excluding carboxylic acids is 1. The van der Waals surface area contributed by atoms with Crippen LogP contribution in [0.1, 0.15) is 10.6 Å². The second-order valence-electron chi connectivity index (χ2n) is 7.50. The standard InChI is InChI=1S/C25H22N2O4S/c1-29-24-12-20-19-8-2-3-9-22(19)31-23(20)13-21(24)26-25(28)16-27(14-17-6-4-10-30-17)15-18-7-5-11-32-18/h2-13H,14-16H2,1H3,(H,26,28). The van der Waals surface area contributed by atoms with Crippen LogP contribution in [0, 0.1) is 0 Å². The first-order valence-electron chi connectivity index (χ1n) is 10.3. The smallest absolute Gasteiger partial charge is 0.238 e. The van der Waals surface area contributed by atoms with E-state index in [1.165, 1.54) is 4.88 Å². The number of methoxy groups -OCH3 is 1. The number of fused-ring (bicyclic) bond motifs is 3. The summed E-state index contributed by atoms with van der Waals surface area (Å²) in [5.41, 5.74) is 2.08. The molecule has 0 bridgehead atoms. The van der Waals surface area contributed by atoms with Crippen LogP contribution in [0.25, 0.3) is 21.9 Å². The number of nitrogens with zero attached hydrogens (tertiary/aromatic N) is 1. The molecule has 0 spiro atoms. The third-order valence-corrected chi connectivity index (χ3v) is 6.12. The van der Waals surface area contributed by atoms with Crippen LogP contribution in [0.15, 0.2) is 81.1 Å². The van der Waals surface area contributed by atoms with Gasteiger partial charge in [0.1, 0.15) is 22.7 Å². The lowest BCUT2D eigenvalue weighted by molar-refractivity contribution is -0.117. The van der Waals surface area contributed by atoms with Crippen LogP contribution in [0.2, 0.25) is 0 Å². The van der Waals surface area contributed by atoms with E-state index in [1.54, 1.807) is 24.7 Å². The van der Waals surface area contributed by atoms with E-state index in [1.807, 2.05) is 64.9 Å². The molecule has 1 amide bonds. The predicted octanol–water partition coefficient (Wildman–Crippen LogP) is 5.89. The summed E-state index contributed by atoms with van der Waals surface area (Å²) in [6.07, 6.45) is 1.64. The Morgan fingerprint density at radius 2 is 1.94 bits per heavy atom. The lowest BCUT2D eigenvalue weighted by Gasteiger charge is -2.20. The van der Waals surface area contributed by atoms with E-state index in [4.69, 9.17) is 13.6 Å².